The number of aromatic nitrogens is 4. The Labute approximate surface area is 174 Å². The number of nitrogens with zero attached hydrogens (tertiary/aromatic N) is 5. The molecule has 1 aliphatic heterocycles. The maximum atomic E-state index is 13.1. The van der Waals surface area contributed by atoms with Gasteiger partial charge in [-0.05, 0) is 30.7 Å². The van der Waals surface area contributed by atoms with E-state index in [0.717, 1.165) is 17.3 Å². The molecule has 0 radical (unpaired) electrons. The number of hydrogen-bond acceptors (Lipinski definition) is 4. The lowest BCUT2D eigenvalue weighted by Crippen LogP contribution is -2.38. The zero-order valence-corrected chi connectivity index (χ0v) is 16.5. The Morgan fingerprint density at radius 2 is 1.90 bits per heavy atom. The van der Waals surface area contributed by atoms with Gasteiger partial charge in [0.05, 0.1) is 23.7 Å². The second kappa shape index (κ2) is 7.24. The highest BCUT2D eigenvalue weighted by Crippen LogP contribution is 2.37. The molecule has 1 amide bonds. The van der Waals surface area contributed by atoms with Gasteiger partial charge >= 0.3 is 6.18 Å². The first-order valence-corrected chi connectivity index (χ1v) is 9.25. The summed E-state index contributed by atoms with van der Waals surface area (Å²) in [4.78, 5) is 18.5. The van der Waals surface area contributed by atoms with Crippen molar-refractivity contribution in [1.29, 1.82) is 0 Å². The number of halogens is 4. The summed E-state index contributed by atoms with van der Waals surface area (Å²) in [5, 5.41) is 7.69. The number of aryl methyl sites for hydroxylation is 1. The summed E-state index contributed by atoms with van der Waals surface area (Å²) >= 11 is 5.98. The Hall–Kier alpha value is -3.20. The fraction of sp³-hybridized carbons (Fsp3) is 0.200. The van der Waals surface area contributed by atoms with Crippen LogP contribution in [0.3, 0.4) is 0 Å². The number of benzene rings is 1. The van der Waals surface area contributed by atoms with Crippen LogP contribution in [0, 0.1) is 6.92 Å². The van der Waals surface area contributed by atoms with Crippen molar-refractivity contribution >= 4 is 17.5 Å². The minimum Gasteiger partial charge on any atom is -0.304 e. The smallest absolute Gasteiger partial charge is 0.304 e. The average molecular weight is 434 g/mol. The number of amides is 1. The van der Waals surface area contributed by atoms with Gasteiger partial charge in [-0.25, -0.2) is 0 Å². The molecule has 0 bridgehead atoms. The molecule has 2 aromatic heterocycles. The van der Waals surface area contributed by atoms with Crippen LogP contribution < -0.4 is 0 Å². The highest BCUT2D eigenvalue weighted by atomic mass is 35.5. The third-order valence-electron chi connectivity index (χ3n) is 4.87. The lowest BCUT2D eigenvalue weighted by Gasteiger charge is -2.30. The van der Waals surface area contributed by atoms with Gasteiger partial charge in [0.1, 0.15) is 0 Å². The molecule has 0 unspecified atom stereocenters. The van der Waals surface area contributed by atoms with Crippen molar-refractivity contribution in [2.45, 2.75) is 26.2 Å². The van der Waals surface area contributed by atoms with Gasteiger partial charge in [-0.15, -0.1) is 10.2 Å². The first-order chi connectivity index (χ1) is 14.2. The molecule has 30 heavy (non-hydrogen) atoms. The Bertz CT molecular complexity index is 1170. The fourth-order valence-corrected chi connectivity index (χ4v) is 3.63. The lowest BCUT2D eigenvalue weighted by molar-refractivity contribution is -0.137. The highest BCUT2D eigenvalue weighted by molar-refractivity contribution is 6.32. The van der Waals surface area contributed by atoms with Crippen molar-refractivity contribution in [3.63, 3.8) is 0 Å². The Morgan fingerprint density at radius 3 is 2.60 bits per heavy atom. The number of pyridine rings is 1. The van der Waals surface area contributed by atoms with Gasteiger partial charge in [-0.1, -0.05) is 30.3 Å². The van der Waals surface area contributed by atoms with Gasteiger partial charge in [-0.3, -0.25) is 14.3 Å². The molecule has 3 heterocycles. The zero-order valence-electron chi connectivity index (χ0n) is 15.7. The molecule has 0 fully saturated rings. The van der Waals surface area contributed by atoms with Gasteiger partial charge < -0.3 is 4.90 Å². The summed E-state index contributed by atoms with van der Waals surface area (Å²) in [7, 11) is 0. The molecule has 10 heteroatoms. The van der Waals surface area contributed by atoms with Crippen LogP contribution in [-0.2, 0) is 19.3 Å². The quantitative estimate of drug-likeness (QED) is 0.610. The second-order valence-electron chi connectivity index (χ2n) is 6.80. The normalized spacial score (nSPS) is 14.2. The first kappa shape index (κ1) is 20.1. The summed E-state index contributed by atoms with van der Waals surface area (Å²) in [5.41, 5.74) is 1.06. The SMILES string of the molecule is C=C1Cn2c(nnc2-c2cccnc2C)C(=O)N1Cc1cccc(C(F)(F)F)c1Cl. The van der Waals surface area contributed by atoms with E-state index in [-0.39, 0.29) is 24.5 Å². The Morgan fingerprint density at radius 1 is 1.17 bits per heavy atom. The van der Waals surface area contributed by atoms with Crippen molar-refractivity contribution in [1.82, 2.24) is 24.6 Å². The second-order valence-corrected chi connectivity index (χ2v) is 7.18. The molecule has 0 aliphatic carbocycles. The van der Waals surface area contributed by atoms with Gasteiger partial charge in [0.25, 0.3) is 5.91 Å². The third-order valence-corrected chi connectivity index (χ3v) is 5.32. The van der Waals surface area contributed by atoms with Crippen LogP contribution in [0.4, 0.5) is 13.2 Å². The molecule has 154 valence electrons. The number of rotatable bonds is 3. The molecular formula is C20H15ClF3N5O. The molecule has 0 saturated carbocycles. The summed E-state index contributed by atoms with van der Waals surface area (Å²) < 4.78 is 41.1. The molecule has 3 aromatic rings. The van der Waals surface area contributed by atoms with E-state index in [1.54, 1.807) is 16.8 Å². The fourth-order valence-electron chi connectivity index (χ4n) is 3.34. The molecule has 0 saturated heterocycles. The largest absolute Gasteiger partial charge is 0.417 e. The molecule has 1 aromatic carbocycles. The summed E-state index contributed by atoms with van der Waals surface area (Å²) in [5.74, 6) is 0.0330. The van der Waals surface area contributed by atoms with E-state index in [1.165, 1.54) is 17.0 Å². The minimum atomic E-state index is -4.59. The molecule has 6 nitrogen and oxygen atoms in total. The monoisotopic (exact) mass is 433 g/mol. The maximum Gasteiger partial charge on any atom is 0.417 e. The molecule has 1 aliphatic rings. The van der Waals surface area contributed by atoms with Crippen LogP contribution in [0.15, 0.2) is 48.8 Å². The minimum absolute atomic E-state index is 0.0729. The van der Waals surface area contributed by atoms with E-state index >= 15 is 0 Å². The van der Waals surface area contributed by atoms with Crippen LogP contribution in [0.25, 0.3) is 11.4 Å². The number of carbonyl (C=O) groups is 1. The maximum absolute atomic E-state index is 13.1. The number of fused-ring (bicyclic) bond motifs is 1. The Kier molecular flexibility index (Phi) is 4.85. The molecule has 0 N–H and O–H groups in total. The lowest BCUT2D eigenvalue weighted by atomic mass is 10.1. The summed E-state index contributed by atoms with van der Waals surface area (Å²) in [6.07, 6.45) is -2.94. The van der Waals surface area contributed by atoms with Gasteiger partial charge in [0.15, 0.2) is 5.82 Å². The Balaban J connectivity index is 1.69. The van der Waals surface area contributed by atoms with Crippen molar-refractivity contribution in [3.05, 3.63) is 76.5 Å². The van der Waals surface area contributed by atoms with E-state index in [2.05, 4.69) is 21.8 Å². The van der Waals surface area contributed by atoms with Crippen LogP contribution in [-0.4, -0.2) is 30.6 Å². The van der Waals surface area contributed by atoms with Crippen LogP contribution in [0.5, 0.6) is 0 Å². The first-order valence-electron chi connectivity index (χ1n) is 8.88. The predicted molar refractivity (Wildman–Crippen MR) is 103 cm³/mol. The van der Waals surface area contributed by atoms with Crippen LogP contribution in [0.2, 0.25) is 5.02 Å². The van der Waals surface area contributed by atoms with E-state index in [9.17, 15) is 18.0 Å². The summed E-state index contributed by atoms with van der Waals surface area (Å²) in [6.45, 7) is 5.79. The van der Waals surface area contributed by atoms with Crippen molar-refractivity contribution in [2.24, 2.45) is 0 Å². The summed E-state index contributed by atoms with van der Waals surface area (Å²) in [6, 6.07) is 7.18. The molecule has 0 spiro atoms. The van der Waals surface area contributed by atoms with Crippen LogP contribution in [0.1, 0.15) is 27.4 Å². The van der Waals surface area contributed by atoms with Gasteiger partial charge in [0.2, 0.25) is 5.82 Å². The van der Waals surface area contributed by atoms with E-state index in [0.29, 0.717) is 11.5 Å². The zero-order chi connectivity index (χ0) is 21.6. The topological polar surface area (TPSA) is 63.9 Å². The number of alkyl halides is 3. The third kappa shape index (κ3) is 3.35. The van der Waals surface area contributed by atoms with Crippen molar-refractivity contribution < 1.29 is 18.0 Å². The number of allylic oxidation sites excluding steroid dienone is 1. The van der Waals surface area contributed by atoms with Crippen molar-refractivity contribution in [2.75, 3.05) is 0 Å². The van der Waals surface area contributed by atoms with Crippen LogP contribution >= 0.6 is 11.6 Å². The van der Waals surface area contributed by atoms with Gasteiger partial charge in [-0.2, -0.15) is 13.2 Å². The standard InChI is InChI=1S/C20H15ClF3N5O/c1-11-9-29-17(14-6-4-8-25-12(14)2)26-27-18(29)19(30)28(11)10-13-5-3-7-15(16(13)21)20(22,23)24/h3-8H,1,9-10H2,2H3. The van der Waals surface area contributed by atoms with E-state index in [4.69, 9.17) is 11.6 Å². The van der Waals surface area contributed by atoms with Crippen molar-refractivity contribution in [3.8, 4) is 11.4 Å². The van der Waals surface area contributed by atoms with Gasteiger partial charge in [0, 0.05) is 23.2 Å². The molecular weight excluding hydrogens is 419 g/mol. The molecule has 4 rings (SSSR count). The predicted octanol–water partition coefficient (Wildman–Crippen LogP) is 4.49. The van der Waals surface area contributed by atoms with E-state index in [1.807, 2.05) is 13.0 Å². The number of hydrogen-bond donors (Lipinski definition) is 0. The average Bonchev–Trinajstić information content (AvgIpc) is 3.09. The number of carbonyl (C=O) groups excluding carboxylic acids is 1. The van der Waals surface area contributed by atoms with E-state index < -0.39 is 22.7 Å². The molecule has 0 atom stereocenters. The highest BCUT2D eigenvalue weighted by Gasteiger charge is 2.36.